The van der Waals surface area contributed by atoms with Gasteiger partial charge in [-0.25, -0.2) is 17.6 Å². The average Bonchev–Trinajstić information content (AvgIpc) is 2.35. The maximum atomic E-state index is 13.3. The van der Waals surface area contributed by atoms with Crippen molar-refractivity contribution < 1.29 is 27.4 Å². The van der Waals surface area contributed by atoms with Gasteiger partial charge in [-0.3, -0.25) is 0 Å². The van der Waals surface area contributed by atoms with Crippen molar-refractivity contribution in [3.8, 4) is 0 Å². The Morgan fingerprint density at radius 3 is 2.67 bits per heavy atom. The summed E-state index contributed by atoms with van der Waals surface area (Å²) in [6, 6.07) is 3.59. The highest BCUT2D eigenvalue weighted by Gasteiger charge is 2.46. The van der Waals surface area contributed by atoms with Crippen molar-refractivity contribution in [2.75, 3.05) is 19.7 Å². The van der Waals surface area contributed by atoms with Crippen molar-refractivity contribution in [1.29, 1.82) is 0 Å². The lowest BCUT2D eigenvalue weighted by atomic mass is 10.0. The van der Waals surface area contributed by atoms with Gasteiger partial charge in [-0.1, -0.05) is 6.07 Å². The van der Waals surface area contributed by atoms with Crippen LogP contribution in [0.5, 0.6) is 0 Å². The predicted octanol–water partition coefficient (Wildman–Crippen LogP) is 0.998. The van der Waals surface area contributed by atoms with Gasteiger partial charge < -0.3 is 9.84 Å². The third-order valence-electron chi connectivity index (χ3n) is 3.33. The van der Waals surface area contributed by atoms with Gasteiger partial charge in [0.1, 0.15) is 12.4 Å². The van der Waals surface area contributed by atoms with Gasteiger partial charge in [0, 0.05) is 13.1 Å². The molecule has 0 bridgehead atoms. The smallest absolute Gasteiger partial charge is 0.329 e. The molecular formula is C13H16FNO5S. The Morgan fingerprint density at radius 1 is 1.48 bits per heavy atom. The van der Waals surface area contributed by atoms with E-state index in [2.05, 4.69) is 0 Å². The van der Waals surface area contributed by atoms with E-state index >= 15 is 0 Å². The SMILES string of the molecule is Cc1ccc(F)cc1S(=O)(=O)N1CC(C)(OCC(=O)O)C1. The number of halogens is 1. The molecule has 2 rings (SSSR count). The molecule has 1 aliphatic rings. The van der Waals surface area contributed by atoms with Crippen molar-refractivity contribution in [3.63, 3.8) is 0 Å². The molecule has 1 aliphatic heterocycles. The Hall–Kier alpha value is -1.51. The van der Waals surface area contributed by atoms with Crippen molar-refractivity contribution in [2.45, 2.75) is 24.3 Å². The van der Waals surface area contributed by atoms with Crippen LogP contribution in [0.4, 0.5) is 4.39 Å². The minimum Gasteiger partial charge on any atom is -0.480 e. The van der Waals surface area contributed by atoms with Gasteiger partial charge in [-0.05, 0) is 31.5 Å². The van der Waals surface area contributed by atoms with Gasteiger partial charge >= 0.3 is 5.97 Å². The molecule has 0 amide bonds. The molecule has 0 aliphatic carbocycles. The highest BCUT2D eigenvalue weighted by Crippen LogP contribution is 2.31. The summed E-state index contributed by atoms with van der Waals surface area (Å²) >= 11 is 0. The molecule has 8 heteroatoms. The molecule has 1 saturated heterocycles. The molecule has 0 saturated carbocycles. The molecule has 0 spiro atoms. The quantitative estimate of drug-likeness (QED) is 0.876. The number of carboxylic acid groups (broad SMARTS) is 1. The second-order valence-electron chi connectivity index (χ2n) is 5.32. The Bertz CT molecular complexity index is 667. The molecule has 1 fully saturated rings. The molecule has 0 aromatic heterocycles. The lowest BCUT2D eigenvalue weighted by molar-refractivity contribution is -0.157. The number of carbonyl (C=O) groups is 1. The number of aryl methyl sites for hydroxylation is 1. The fraction of sp³-hybridized carbons (Fsp3) is 0.462. The standard InChI is InChI=1S/C13H16FNO5S/c1-9-3-4-10(14)5-11(9)21(18,19)15-7-13(2,8-15)20-6-12(16)17/h3-5H,6-8H2,1-2H3,(H,16,17). The minimum atomic E-state index is -3.80. The monoisotopic (exact) mass is 317 g/mol. The first kappa shape index (κ1) is 15.9. The number of hydrogen-bond acceptors (Lipinski definition) is 4. The molecule has 1 heterocycles. The number of hydrogen-bond donors (Lipinski definition) is 1. The lowest BCUT2D eigenvalue weighted by Gasteiger charge is -2.46. The molecule has 0 atom stereocenters. The van der Waals surface area contributed by atoms with Crippen molar-refractivity contribution in [1.82, 2.24) is 4.31 Å². The number of nitrogens with zero attached hydrogens (tertiary/aromatic N) is 1. The number of carboxylic acids is 1. The topological polar surface area (TPSA) is 83.9 Å². The van der Waals surface area contributed by atoms with Gasteiger partial charge in [0.25, 0.3) is 0 Å². The zero-order valence-corrected chi connectivity index (χ0v) is 12.5. The summed E-state index contributed by atoms with van der Waals surface area (Å²) in [5.41, 5.74) is -0.372. The highest BCUT2D eigenvalue weighted by molar-refractivity contribution is 7.89. The zero-order chi connectivity index (χ0) is 15.8. The molecule has 6 nitrogen and oxygen atoms in total. The summed E-state index contributed by atoms with van der Waals surface area (Å²) in [4.78, 5) is 10.4. The third kappa shape index (κ3) is 3.22. The molecule has 21 heavy (non-hydrogen) atoms. The van der Waals surface area contributed by atoms with E-state index in [1.165, 1.54) is 12.1 Å². The Balaban J connectivity index is 2.13. The van der Waals surface area contributed by atoms with E-state index in [4.69, 9.17) is 9.84 Å². The zero-order valence-electron chi connectivity index (χ0n) is 11.7. The Labute approximate surface area is 122 Å². The van der Waals surface area contributed by atoms with Crippen LogP contribution in [-0.2, 0) is 19.6 Å². The van der Waals surface area contributed by atoms with Crippen LogP contribution in [0.15, 0.2) is 23.1 Å². The van der Waals surface area contributed by atoms with E-state index < -0.39 is 34.0 Å². The van der Waals surface area contributed by atoms with E-state index in [0.29, 0.717) is 5.56 Å². The number of aliphatic carboxylic acids is 1. The second kappa shape index (κ2) is 5.36. The molecule has 1 aromatic rings. The molecule has 0 unspecified atom stereocenters. The largest absolute Gasteiger partial charge is 0.480 e. The van der Waals surface area contributed by atoms with Gasteiger partial charge in [0.15, 0.2) is 0 Å². The van der Waals surface area contributed by atoms with Gasteiger partial charge in [0.05, 0.1) is 10.5 Å². The molecule has 116 valence electrons. The summed E-state index contributed by atoms with van der Waals surface area (Å²) in [6.07, 6.45) is 0. The van der Waals surface area contributed by atoms with Gasteiger partial charge in [-0.2, -0.15) is 4.31 Å². The van der Waals surface area contributed by atoms with Crippen molar-refractivity contribution in [2.24, 2.45) is 0 Å². The predicted molar refractivity (Wildman–Crippen MR) is 71.9 cm³/mol. The van der Waals surface area contributed by atoms with E-state index in [9.17, 15) is 17.6 Å². The van der Waals surface area contributed by atoms with Crippen molar-refractivity contribution >= 4 is 16.0 Å². The Morgan fingerprint density at radius 2 is 2.10 bits per heavy atom. The Kier molecular flexibility index (Phi) is 4.05. The second-order valence-corrected chi connectivity index (χ2v) is 7.22. The van der Waals surface area contributed by atoms with E-state index in [-0.39, 0.29) is 18.0 Å². The first-order valence-electron chi connectivity index (χ1n) is 6.26. The molecule has 1 N–H and O–H groups in total. The van der Waals surface area contributed by atoms with Gasteiger partial charge in [0.2, 0.25) is 10.0 Å². The van der Waals surface area contributed by atoms with Crippen LogP contribution >= 0.6 is 0 Å². The van der Waals surface area contributed by atoms with E-state index in [1.54, 1.807) is 13.8 Å². The van der Waals surface area contributed by atoms with Crippen LogP contribution in [0.3, 0.4) is 0 Å². The first-order valence-corrected chi connectivity index (χ1v) is 7.70. The fourth-order valence-electron chi connectivity index (χ4n) is 2.19. The number of ether oxygens (including phenoxy) is 1. The average molecular weight is 317 g/mol. The van der Waals surface area contributed by atoms with Crippen LogP contribution in [0, 0.1) is 12.7 Å². The summed E-state index contributed by atoms with van der Waals surface area (Å²) < 4.78 is 44.4. The van der Waals surface area contributed by atoms with Crippen LogP contribution in [0.1, 0.15) is 12.5 Å². The highest BCUT2D eigenvalue weighted by atomic mass is 32.2. The maximum Gasteiger partial charge on any atom is 0.329 e. The molecule has 0 radical (unpaired) electrons. The fourth-order valence-corrected chi connectivity index (χ4v) is 4.09. The summed E-state index contributed by atoms with van der Waals surface area (Å²) in [6.45, 7) is 2.83. The molecular weight excluding hydrogens is 301 g/mol. The first-order chi connectivity index (χ1) is 9.64. The maximum absolute atomic E-state index is 13.3. The van der Waals surface area contributed by atoms with Crippen LogP contribution < -0.4 is 0 Å². The van der Waals surface area contributed by atoms with E-state index in [1.807, 2.05) is 0 Å². The number of sulfonamides is 1. The normalized spacial score (nSPS) is 18.2. The lowest BCUT2D eigenvalue weighted by Crippen LogP contribution is -2.63. The summed E-state index contributed by atoms with van der Waals surface area (Å²) in [5, 5.41) is 8.57. The summed E-state index contributed by atoms with van der Waals surface area (Å²) in [7, 11) is -3.80. The number of rotatable bonds is 5. The minimum absolute atomic E-state index is 0.0402. The van der Waals surface area contributed by atoms with Crippen LogP contribution in [-0.4, -0.2) is 49.1 Å². The molecule has 1 aromatic carbocycles. The van der Waals surface area contributed by atoms with Crippen LogP contribution in [0.25, 0.3) is 0 Å². The van der Waals surface area contributed by atoms with E-state index in [0.717, 1.165) is 10.4 Å². The van der Waals surface area contributed by atoms with Crippen LogP contribution in [0.2, 0.25) is 0 Å². The van der Waals surface area contributed by atoms with Crippen molar-refractivity contribution in [3.05, 3.63) is 29.6 Å². The third-order valence-corrected chi connectivity index (χ3v) is 5.27. The number of benzene rings is 1. The summed E-state index contributed by atoms with van der Waals surface area (Å²) in [5.74, 6) is -1.73. The van der Waals surface area contributed by atoms with Gasteiger partial charge in [-0.15, -0.1) is 0 Å².